The molecule has 4 N–H and O–H groups in total. The van der Waals surface area contributed by atoms with E-state index in [1.165, 1.54) is 0 Å². The molecule has 1 heterocycles. The van der Waals surface area contributed by atoms with Gasteiger partial charge in [-0.1, -0.05) is 18.0 Å². The van der Waals surface area contributed by atoms with Crippen LogP contribution in [0, 0.1) is 11.5 Å². The van der Waals surface area contributed by atoms with E-state index in [0.717, 1.165) is 31.4 Å². The minimum atomic E-state index is -0.798. The molecule has 252 valence electrons. The van der Waals surface area contributed by atoms with Crippen LogP contribution >= 0.6 is 24.0 Å². The average molecular weight is 694 g/mol. The summed E-state index contributed by atoms with van der Waals surface area (Å²) in [6, 6.07) is 10.9. The van der Waals surface area contributed by atoms with Gasteiger partial charge in [-0.05, 0) is 43.5 Å². The van der Waals surface area contributed by atoms with Crippen molar-refractivity contribution >= 4 is 41.8 Å². The molecule has 0 saturated carbocycles. The third-order valence-corrected chi connectivity index (χ3v) is 5.77. The normalized spacial score (nSPS) is 10.6. The average Bonchev–Trinajstić information content (AvgIpc) is 3.01. The quantitative estimate of drug-likeness (QED) is 0.0302. The molecule has 16 heteroatoms. The van der Waals surface area contributed by atoms with Gasteiger partial charge in [0.1, 0.15) is 12.4 Å². The fourth-order valence-corrected chi connectivity index (χ4v) is 3.51. The summed E-state index contributed by atoms with van der Waals surface area (Å²) in [6.45, 7) is 4.24. The predicted octanol–water partition coefficient (Wildman–Crippen LogP) is 0.650. The number of aromatic nitrogens is 1. The Morgan fingerprint density at radius 1 is 0.867 bits per heavy atom. The molecule has 0 aliphatic carbocycles. The van der Waals surface area contributed by atoms with Crippen LogP contribution in [0.1, 0.15) is 25.7 Å². The van der Waals surface area contributed by atoms with Crippen molar-refractivity contribution in [3.8, 4) is 11.9 Å². The van der Waals surface area contributed by atoms with Crippen LogP contribution in [-0.4, -0.2) is 78.1 Å². The number of nitrogens with zero attached hydrogens (tertiary/aromatic N) is 3. The maximum absolute atomic E-state index is 11.8. The Morgan fingerprint density at radius 2 is 1.49 bits per heavy atom. The standard InChI is InChI=1S/C29H41ClN6O7.2ClH/c30-25-5-7-27(8-6-25)41-15-4-2-1-3-12-33-28(34-23-32)35-26-9-13-36(14-10-26)24-43-29(37)42-22-21-40-20-19-39-18-17-38-16-11-31;;/h5-10,13-14H,1-4,11-12,15-22,24,31H2,(H,33,34);2*1H. The van der Waals surface area contributed by atoms with Gasteiger partial charge in [-0.2, -0.15) is 9.83 Å². The van der Waals surface area contributed by atoms with Crippen LogP contribution in [0.5, 0.6) is 5.75 Å². The zero-order valence-electron chi connectivity index (χ0n) is 25.2. The first-order chi connectivity index (χ1) is 21.1. The first kappa shape index (κ1) is 41.9. The van der Waals surface area contributed by atoms with E-state index < -0.39 is 6.16 Å². The third-order valence-electron chi connectivity index (χ3n) is 5.52. The molecule has 0 aliphatic rings. The molecule has 45 heavy (non-hydrogen) atoms. The van der Waals surface area contributed by atoms with Crippen molar-refractivity contribution in [1.29, 1.82) is 5.26 Å². The topological polar surface area (TPSA) is 163 Å². The van der Waals surface area contributed by atoms with E-state index in [1.54, 1.807) is 41.2 Å². The largest absolute Gasteiger partial charge is 1.00 e. The molecule has 0 atom stereocenters. The zero-order valence-corrected chi connectivity index (χ0v) is 27.5. The van der Waals surface area contributed by atoms with Gasteiger partial charge in [0.25, 0.3) is 6.73 Å². The Morgan fingerprint density at radius 3 is 2.13 bits per heavy atom. The summed E-state index contributed by atoms with van der Waals surface area (Å²) in [5.41, 5.74) is 6.03. The van der Waals surface area contributed by atoms with Crippen molar-refractivity contribution in [3.05, 3.63) is 53.8 Å². The van der Waals surface area contributed by atoms with Crippen LogP contribution in [0.4, 0.5) is 10.5 Å². The molecule has 0 aliphatic heterocycles. The van der Waals surface area contributed by atoms with Crippen molar-refractivity contribution < 1.29 is 50.2 Å². The monoisotopic (exact) mass is 692 g/mol. The third kappa shape index (κ3) is 22.1. The number of nitrogens with two attached hydrogens (primary N) is 1. The number of nitriles is 1. The SMILES string of the molecule is Cl.N#CNC(=NCCCCCCOc1ccc(Cl)cc1)Nc1cc[n+](COC(=O)OCCOCCOCCOCCN)cc1.[Cl-]. The van der Waals surface area contributed by atoms with E-state index in [1.807, 2.05) is 18.3 Å². The highest BCUT2D eigenvalue weighted by Crippen LogP contribution is 2.16. The lowest BCUT2D eigenvalue weighted by Crippen LogP contribution is -3.00. The number of hydrogen-bond acceptors (Lipinski definition) is 10. The number of carbonyl (C=O) groups is 1. The second-order valence-corrected chi connectivity index (χ2v) is 9.34. The maximum Gasteiger partial charge on any atom is 0.513 e. The molecule has 0 spiro atoms. The van der Waals surface area contributed by atoms with Gasteiger partial charge in [-0.15, -0.1) is 12.4 Å². The van der Waals surface area contributed by atoms with E-state index in [0.29, 0.717) is 69.4 Å². The molecule has 0 unspecified atom stereocenters. The smallest absolute Gasteiger partial charge is 0.513 e. The van der Waals surface area contributed by atoms with E-state index >= 15 is 0 Å². The number of halogens is 3. The summed E-state index contributed by atoms with van der Waals surface area (Å²) >= 11 is 5.88. The lowest BCUT2D eigenvalue weighted by molar-refractivity contribution is -0.727. The summed E-state index contributed by atoms with van der Waals surface area (Å²) in [7, 11) is 0. The van der Waals surface area contributed by atoms with Gasteiger partial charge in [0.2, 0.25) is 5.96 Å². The molecule has 0 fully saturated rings. The van der Waals surface area contributed by atoms with E-state index in [9.17, 15) is 4.79 Å². The van der Waals surface area contributed by atoms with Gasteiger partial charge < -0.3 is 51.9 Å². The molecular formula is C29H43Cl3N6O7. The highest BCUT2D eigenvalue weighted by Gasteiger charge is 2.09. The van der Waals surface area contributed by atoms with Crippen molar-refractivity contribution in [2.75, 3.05) is 71.3 Å². The van der Waals surface area contributed by atoms with Gasteiger partial charge in [0.05, 0.1) is 51.9 Å². The van der Waals surface area contributed by atoms with Crippen molar-refractivity contribution in [2.24, 2.45) is 10.7 Å². The first-order valence-electron chi connectivity index (χ1n) is 14.2. The van der Waals surface area contributed by atoms with Crippen LogP contribution < -0.4 is 38.1 Å². The highest BCUT2D eigenvalue weighted by molar-refractivity contribution is 6.30. The number of aliphatic imine (C=N–C) groups is 1. The molecule has 2 rings (SSSR count). The number of carbonyl (C=O) groups excluding carboxylic acids is 1. The number of nitrogens with one attached hydrogen (secondary N) is 2. The minimum absolute atomic E-state index is 0. The fourth-order valence-electron chi connectivity index (χ4n) is 3.38. The summed E-state index contributed by atoms with van der Waals surface area (Å²) in [5, 5.41) is 15.4. The summed E-state index contributed by atoms with van der Waals surface area (Å²) < 4.78 is 33.3. The summed E-state index contributed by atoms with van der Waals surface area (Å²) in [6.07, 6.45) is 8.37. The van der Waals surface area contributed by atoms with E-state index in [-0.39, 0.29) is 44.8 Å². The molecular weight excluding hydrogens is 651 g/mol. The van der Waals surface area contributed by atoms with Crippen molar-refractivity contribution in [2.45, 2.75) is 32.4 Å². The summed E-state index contributed by atoms with van der Waals surface area (Å²) in [4.78, 5) is 16.2. The number of benzene rings is 1. The van der Waals surface area contributed by atoms with Gasteiger partial charge in [0, 0.05) is 30.2 Å². The van der Waals surface area contributed by atoms with Crippen LogP contribution in [0.2, 0.25) is 5.02 Å². The lowest BCUT2D eigenvalue weighted by atomic mass is 10.2. The fraction of sp³-hybridized carbons (Fsp3) is 0.517. The second-order valence-electron chi connectivity index (χ2n) is 8.91. The molecule has 13 nitrogen and oxygen atoms in total. The Balaban J connectivity index is 0.00000968. The van der Waals surface area contributed by atoms with Gasteiger partial charge in [0.15, 0.2) is 18.6 Å². The Hall–Kier alpha value is -3.09. The second kappa shape index (κ2) is 28.4. The molecule has 0 radical (unpaired) electrons. The first-order valence-corrected chi connectivity index (χ1v) is 14.6. The predicted molar refractivity (Wildman–Crippen MR) is 168 cm³/mol. The number of anilines is 1. The minimum Gasteiger partial charge on any atom is -1.00 e. The Bertz CT molecular complexity index is 1090. The molecule has 0 amide bonds. The lowest BCUT2D eigenvalue weighted by Gasteiger charge is -2.08. The van der Waals surface area contributed by atoms with Gasteiger partial charge in [-0.25, -0.2) is 4.79 Å². The van der Waals surface area contributed by atoms with Gasteiger partial charge in [-0.3, -0.25) is 10.3 Å². The van der Waals surface area contributed by atoms with Crippen molar-refractivity contribution in [3.63, 3.8) is 0 Å². The van der Waals surface area contributed by atoms with Crippen LogP contribution in [0.15, 0.2) is 53.8 Å². The Labute approximate surface area is 282 Å². The molecule has 0 bridgehead atoms. The summed E-state index contributed by atoms with van der Waals surface area (Å²) in [5.74, 6) is 1.17. The number of guanidine groups is 1. The molecule has 1 aromatic heterocycles. The van der Waals surface area contributed by atoms with Gasteiger partial charge >= 0.3 is 6.16 Å². The number of pyridine rings is 1. The number of hydrogen-bond donors (Lipinski definition) is 3. The number of ether oxygens (including phenoxy) is 6. The van der Waals surface area contributed by atoms with E-state index in [4.69, 9.17) is 51.0 Å². The zero-order chi connectivity index (χ0) is 30.8. The molecule has 0 saturated heterocycles. The van der Waals surface area contributed by atoms with Crippen molar-refractivity contribution in [1.82, 2.24) is 5.32 Å². The van der Waals surface area contributed by atoms with Crippen LogP contribution in [0.25, 0.3) is 0 Å². The maximum atomic E-state index is 11.8. The number of rotatable bonds is 22. The highest BCUT2D eigenvalue weighted by atomic mass is 35.5. The Kier molecular flexibility index (Phi) is 26.4. The number of unbranched alkanes of at least 4 members (excludes halogenated alkanes) is 3. The molecule has 2 aromatic rings. The molecule has 1 aromatic carbocycles. The van der Waals surface area contributed by atoms with E-state index in [2.05, 4.69) is 15.6 Å². The van der Waals surface area contributed by atoms with Crippen LogP contribution in [0.3, 0.4) is 0 Å². The van der Waals surface area contributed by atoms with Crippen LogP contribution in [-0.2, 0) is 30.4 Å².